The van der Waals surface area contributed by atoms with Crippen LogP contribution in [0.15, 0.2) is 31.8 Å². The van der Waals surface area contributed by atoms with Crippen molar-refractivity contribution in [1.29, 1.82) is 0 Å². The molecule has 0 amide bonds. The summed E-state index contributed by atoms with van der Waals surface area (Å²) in [7, 11) is 0. The van der Waals surface area contributed by atoms with E-state index in [1.807, 2.05) is 0 Å². The maximum absolute atomic E-state index is 3.48. The molecule has 2 aromatic heterocycles. The largest absolute Gasteiger partial charge is 0.143 e. The lowest BCUT2D eigenvalue weighted by Crippen LogP contribution is -1.56. The number of halogens is 2. The number of thiophene rings is 2. The number of hydrogen-bond donors (Lipinski definition) is 0. The van der Waals surface area contributed by atoms with Gasteiger partial charge in [0.25, 0.3) is 0 Å². The van der Waals surface area contributed by atoms with Crippen LogP contribution in [0, 0.1) is 0 Å². The Kier molecular flexibility index (Phi) is 2.69. The van der Waals surface area contributed by atoms with Crippen molar-refractivity contribution in [2.24, 2.45) is 0 Å². The lowest BCUT2D eigenvalue weighted by molar-refractivity contribution is 1.83. The standard InChI is InChI=1S/C8H4Br2S2/c9-5-4-7(12-8(5)10)6-2-1-3-11-6/h1-4H. The van der Waals surface area contributed by atoms with Gasteiger partial charge in [-0.25, -0.2) is 0 Å². The fourth-order valence-corrected chi connectivity index (χ4v) is 3.75. The molecule has 0 unspecified atom stereocenters. The summed E-state index contributed by atoms with van der Waals surface area (Å²) in [4.78, 5) is 2.63. The summed E-state index contributed by atoms with van der Waals surface area (Å²) in [5.41, 5.74) is 0. The van der Waals surface area contributed by atoms with Gasteiger partial charge in [0, 0.05) is 14.2 Å². The molecule has 2 heterocycles. The van der Waals surface area contributed by atoms with Crippen molar-refractivity contribution in [1.82, 2.24) is 0 Å². The summed E-state index contributed by atoms with van der Waals surface area (Å²) in [6.45, 7) is 0. The molecule has 0 aliphatic rings. The van der Waals surface area contributed by atoms with Crippen molar-refractivity contribution in [2.45, 2.75) is 0 Å². The van der Waals surface area contributed by atoms with Crippen molar-refractivity contribution in [2.75, 3.05) is 0 Å². The molecule has 62 valence electrons. The third kappa shape index (κ3) is 1.66. The highest BCUT2D eigenvalue weighted by Crippen LogP contribution is 2.39. The highest BCUT2D eigenvalue weighted by molar-refractivity contribution is 9.13. The van der Waals surface area contributed by atoms with Gasteiger partial charge in [-0.3, -0.25) is 0 Å². The molecule has 0 N–H and O–H groups in total. The first-order valence-electron chi connectivity index (χ1n) is 3.26. The van der Waals surface area contributed by atoms with Crippen molar-refractivity contribution < 1.29 is 0 Å². The predicted molar refractivity (Wildman–Crippen MR) is 63.0 cm³/mol. The van der Waals surface area contributed by atoms with Crippen molar-refractivity contribution in [3.63, 3.8) is 0 Å². The minimum absolute atomic E-state index is 1.14. The van der Waals surface area contributed by atoms with Crippen LogP contribution >= 0.6 is 54.5 Å². The van der Waals surface area contributed by atoms with Gasteiger partial charge >= 0.3 is 0 Å². The predicted octanol–water partition coefficient (Wildman–Crippen LogP) is 5.00. The molecule has 0 nitrogen and oxygen atoms in total. The molecular formula is C8H4Br2S2. The van der Waals surface area contributed by atoms with E-state index in [4.69, 9.17) is 0 Å². The molecule has 0 aliphatic heterocycles. The first-order chi connectivity index (χ1) is 5.77. The van der Waals surface area contributed by atoms with Gasteiger partial charge in [-0.05, 0) is 49.4 Å². The maximum Gasteiger partial charge on any atom is 0.0847 e. The highest BCUT2D eigenvalue weighted by Gasteiger charge is 2.06. The van der Waals surface area contributed by atoms with Crippen LogP contribution in [0.3, 0.4) is 0 Å². The summed E-state index contributed by atoms with van der Waals surface area (Å²) in [5, 5.41) is 2.09. The molecule has 0 atom stereocenters. The Morgan fingerprint density at radius 3 is 2.50 bits per heavy atom. The Bertz CT molecular complexity index is 356. The molecule has 0 radical (unpaired) electrons. The van der Waals surface area contributed by atoms with Gasteiger partial charge in [0.1, 0.15) is 0 Å². The minimum atomic E-state index is 1.14. The lowest BCUT2D eigenvalue weighted by atomic mass is 10.4. The van der Waals surface area contributed by atoms with Crippen LogP contribution in [0.1, 0.15) is 0 Å². The van der Waals surface area contributed by atoms with Gasteiger partial charge in [-0.15, -0.1) is 22.7 Å². The van der Waals surface area contributed by atoms with Crippen LogP contribution in [-0.2, 0) is 0 Å². The van der Waals surface area contributed by atoms with Gasteiger partial charge in [0.2, 0.25) is 0 Å². The molecule has 4 heteroatoms. The average molecular weight is 324 g/mol. The van der Waals surface area contributed by atoms with Crippen LogP contribution in [0.4, 0.5) is 0 Å². The summed E-state index contributed by atoms with van der Waals surface area (Å²) < 4.78 is 2.29. The molecule has 2 rings (SSSR count). The number of hydrogen-bond acceptors (Lipinski definition) is 2. The van der Waals surface area contributed by atoms with E-state index in [9.17, 15) is 0 Å². The van der Waals surface area contributed by atoms with Gasteiger partial charge < -0.3 is 0 Å². The highest BCUT2D eigenvalue weighted by atomic mass is 79.9. The average Bonchev–Trinajstić information content (AvgIpc) is 2.61. The van der Waals surface area contributed by atoms with Crippen LogP contribution in [0.2, 0.25) is 0 Å². The Balaban J connectivity index is 2.48. The van der Waals surface area contributed by atoms with Crippen molar-refractivity contribution in [3.05, 3.63) is 31.8 Å². The molecule has 0 fully saturated rings. The van der Waals surface area contributed by atoms with Crippen LogP contribution in [0.25, 0.3) is 9.75 Å². The van der Waals surface area contributed by atoms with Crippen molar-refractivity contribution >= 4 is 54.5 Å². The van der Waals surface area contributed by atoms with Gasteiger partial charge in [0.15, 0.2) is 0 Å². The topological polar surface area (TPSA) is 0 Å². The third-order valence-electron chi connectivity index (χ3n) is 1.41. The summed E-state index contributed by atoms with van der Waals surface area (Å²) in [5.74, 6) is 0. The first-order valence-corrected chi connectivity index (χ1v) is 6.54. The van der Waals surface area contributed by atoms with E-state index in [0.717, 1.165) is 8.26 Å². The SMILES string of the molecule is Brc1cc(-c2cccs2)sc1Br. The Hall–Kier alpha value is 0.360. The van der Waals surface area contributed by atoms with E-state index in [-0.39, 0.29) is 0 Å². The smallest absolute Gasteiger partial charge is 0.0847 e. The second kappa shape index (κ2) is 3.62. The summed E-state index contributed by atoms with van der Waals surface area (Å²) >= 11 is 10.5. The number of rotatable bonds is 1. The molecular weight excluding hydrogens is 320 g/mol. The molecule has 0 aromatic carbocycles. The van der Waals surface area contributed by atoms with Crippen LogP contribution in [0.5, 0.6) is 0 Å². The zero-order valence-electron chi connectivity index (χ0n) is 5.88. The first kappa shape index (κ1) is 8.94. The van der Waals surface area contributed by atoms with Gasteiger partial charge in [0.05, 0.1) is 3.79 Å². The zero-order chi connectivity index (χ0) is 8.55. The fourth-order valence-electron chi connectivity index (χ4n) is 0.887. The fraction of sp³-hybridized carbons (Fsp3) is 0. The zero-order valence-corrected chi connectivity index (χ0v) is 10.7. The third-order valence-corrected chi connectivity index (χ3v) is 5.73. The van der Waals surface area contributed by atoms with Crippen LogP contribution in [-0.4, -0.2) is 0 Å². The Labute approximate surface area is 95.5 Å². The van der Waals surface area contributed by atoms with Crippen molar-refractivity contribution in [3.8, 4) is 9.75 Å². The van der Waals surface area contributed by atoms with E-state index in [1.54, 1.807) is 22.7 Å². The van der Waals surface area contributed by atoms with E-state index >= 15 is 0 Å². The van der Waals surface area contributed by atoms with Gasteiger partial charge in [-0.1, -0.05) is 6.07 Å². The second-order valence-electron chi connectivity index (χ2n) is 2.21. The molecule has 2 aromatic rings. The quantitative estimate of drug-likeness (QED) is 0.692. The molecule has 0 saturated carbocycles. The minimum Gasteiger partial charge on any atom is -0.143 e. The lowest BCUT2D eigenvalue weighted by Gasteiger charge is -1.85. The van der Waals surface area contributed by atoms with Crippen LogP contribution < -0.4 is 0 Å². The van der Waals surface area contributed by atoms with Gasteiger partial charge in [-0.2, -0.15) is 0 Å². The maximum atomic E-state index is 3.48. The van der Waals surface area contributed by atoms with E-state index in [0.29, 0.717) is 0 Å². The molecule has 0 saturated heterocycles. The summed E-state index contributed by atoms with van der Waals surface area (Å²) in [6, 6.07) is 6.34. The van der Waals surface area contributed by atoms with E-state index < -0.39 is 0 Å². The van der Waals surface area contributed by atoms with E-state index in [1.165, 1.54) is 9.75 Å². The normalized spacial score (nSPS) is 10.5. The van der Waals surface area contributed by atoms with E-state index in [2.05, 4.69) is 55.4 Å². The molecule has 0 spiro atoms. The second-order valence-corrected chi connectivity index (χ2v) is 6.38. The summed E-state index contributed by atoms with van der Waals surface area (Å²) in [6.07, 6.45) is 0. The Morgan fingerprint density at radius 1 is 1.17 bits per heavy atom. The molecule has 0 bridgehead atoms. The monoisotopic (exact) mass is 322 g/mol. The Morgan fingerprint density at radius 2 is 2.00 bits per heavy atom. The molecule has 12 heavy (non-hydrogen) atoms. The molecule has 0 aliphatic carbocycles.